The van der Waals surface area contributed by atoms with Gasteiger partial charge in [-0.3, -0.25) is 0 Å². The number of nitrogens with two attached hydrogens (primary N) is 1. The number of nitrogens with zero attached hydrogens (tertiary/aromatic N) is 1. The van der Waals surface area contributed by atoms with E-state index in [2.05, 4.69) is 10.1 Å². The van der Waals surface area contributed by atoms with Crippen molar-refractivity contribution in [2.45, 2.75) is 0 Å². The number of hydrogen-bond acceptors (Lipinski definition) is 4. The Morgan fingerprint density at radius 2 is 2.24 bits per heavy atom. The Kier molecular flexibility index (Phi) is 2.04. The van der Waals surface area contributed by atoms with Crippen LogP contribution in [0.15, 0.2) is 35.0 Å². The fourth-order valence-electron chi connectivity index (χ4n) is 1.94. The fourth-order valence-corrected chi connectivity index (χ4v) is 1.94. The molecule has 1 aromatic carbocycles. The molecule has 0 radical (unpaired) electrons. The predicted octanol–water partition coefficient (Wildman–Crippen LogP) is 2.41. The molecule has 0 saturated carbocycles. The van der Waals surface area contributed by atoms with Gasteiger partial charge in [0, 0.05) is 23.2 Å². The number of aromatic nitrogens is 2. The van der Waals surface area contributed by atoms with Crippen molar-refractivity contribution in [2.24, 2.45) is 0 Å². The minimum absolute atomic E-state index is 0.305. The standard InChI is InChI=1S/C12H11N3O2/c1-16-10-3-2-7(8-4-5-14-12(8)10)9-6-11(13)17-15-9/h2-6,14H,13H2,1H3. The van der Waals surface area contributed by atoms with Gasteiger partial charge in [0.1, 0.15) is 11.4 Å². The summed E-state index contributed by atoms with van der Waals surface area (Å²) in [7, 11) is 1.64. The van der Waals surface area contributed by atoms with Crippen molar-refractivity contribution in [3.8, 4) is 17.0 Å². The first-order chi connectivity index (χ1) is 8.29. The molecule has 5 nitrogen and oxygen atoms in total. The van der Waals surface area contributed by atoms with Crippen molar-refractivity contribution in [1.29, 1.82) is 0 Å². The van der Waals surface area contributed by atoms with Gasteiger partial charge in [0.05, 0.1) is 12.6 Å². The number of anilines is 1. The van der Waals surface area contributed by atoms with Crippen molar-refractivity contribution in [2.75, 3.05) is 12.8 Å². The molecule has 5 heteroatoms. The number of fused-ring (bicyclic) bond motifs is 1. The molecule has 0 spiro atoms. The van der Waals surface area contributed by atoms with Gasteiger partial charge in [0.2, 0.25) is 5.88 Å². The van der Waals surface area contributed by atoms with E-state index < -0.39 is 0 Å². The number of hydrogen-bond donors (Lipinski definition) is 2. The van der Waals surface area contributed by atoms with E-state index in [0.717, 1.165) is 27.9 Å². The molecule has 0 aliphatic heterocycles. The van der Waals surface area contributed by atoms with E-state index >= 15 is 0 Å². The van der Waals surface area contributed by atoms with Crippen molar-refractivity contribution < 1.29 is 9.26 Å². The normalized spacial score (nSPS) is 10.9. The van der Waals surface area contributed by atoms with Gasteiger partial charge in [-0.05, 0) is 18.2 Å². The van der Waals surface area contributed by atoms with Crippen molar-refractivity contribution in [1.82, 2.24) is 10.1 Å². The molecule has 0 atom stereocenters. The van der Waals surface area contributed by atoms with Gasteiger partial charge in [0.15, 0.2) is 0 Å². The average molecular weight is 229 g/mol. The number of rotatable bonds is 2. The van der Waals surface area contributed by atoms with Gasteiger partial charge >= 0.3 is 0 Å². The molecule has 0 saturated heterocycles. The molecule has 3 aromatic rings. The van der Waals surface area contributed by atoms with Crippen LogP contribution < -0.4 is 10.5 Å². The first-order valence-corrected chi connectivity index (χ1v) is 5.16. The van der Waals surface area contributed by atoms with Crippen molar-refractivity contribution >= 4 is 16.8 Å². The van der Waals surface area contributed by atoms with E-state index in [-0.39, 0.29) is 0 Å². The van der Waals surface area contributed by atoms with Gasteiger partial charge in [0.25, 0.3) is 0 Å². The van der Waals surface area contributed by atoms with Gasteiger partial charge in [-0.1, -0.05) is 5.16 Å². The van der Waals surface area contributed by atoms with E-state index in [1.165, 1.54) is 0 Å². The maximum Gasteiger partial charge on any atom is 0.222 e. The first-order valence-electron chi connectivity index (χ1n) is 5.16. The second kappa shape index (κ2) is 3.55. The lowest BCUT2D eigenvalue weighted by atomic mass is 10.1. The second-order valence-corrected chi connectivity index (χ2v) is 3.70. The maximum atomic E-state index is 5.53. The third-order valence-electron chi connectivity index (χ3n) is 2.71. The molecule has 3 N–H and O–H groups in total. The van der Waals surface area contributed by atoms with E-state index in [1.807, 2.05) is 24.4 Å². The highest BCUT2D eigenvalue weighted by Gasteiger charge is 2.12. The molecule has 0 aliphatic rings. The smallest absolute Gasteiger partial charge is 0.222 e. The average Bonchev–Trinajstić information content (AvgIpc) is 2.96. The van der Waals surface area contributed by atoms with Crippen LogP contribution in [0.25, 0.3) is 22.2 Å². The Labute approximate surface area is 97.2 Å². The molecular formula is C12H11N3O2. The van der Waals surface area contributed by atoms with Crippen LogP contribution >= 0.6 is 0 Å². The maximum absolute atomic E-state index is 5.53. The molecule has 17 heavy (non-hydrogen) atoms. The van der Waals surface area contributed by atoms with E-state index in [0.29, 0.717) is 5.88 Å². The molecule has 2 aromatic heterocycles. The van der Waals surface area contributed by atoms with Gasteiger partial charge in [-0.15, -0.1) is 0 Å². The quantitative estimate of drug-likeness (QED) is 0.707. The number of methoxy groups -OCH3 is 1. The van der Waals surface area contributed by atoms with Crippen LogP contribution in [0.4, 0.5) is 5.88 Å². The van der Waals surface area contributed by atoms with Crippen LogP contribution in [-0.4, -0.2) is 17.3 Å². The molecule has 0 bridgehead atoms. The summed E-state index contributed by atoms with van der Waals surface area (Å²) in [5, 5.41) is 4.94. The highest BCUT2D eigenvalue weighted by Crippen LogP contribution is 2.33. The zero-order valence-electron chi connectivity index (χ0n) is 9.23. The van der Waals surface area contributed by atoms with Gasteiger partial charge in [-0.25, -0.2) is 0 Å². The number of nitrogen functional groups attached to an aromatic ring is 1. The third kappa shape index (κ3) is 1.44. The summed E-state index contributed by atoms with van der Waals surface area (Å²) in [5.41, 5.74) is 8.14. The Morgan fingerprint density at radius 1 is 1.35 bits per heavy atom. The van der Waals surface area contributed by atoms with E-state index in [4.69, 9.17) is 15.0 Å². The highest BCUT2D eigenvalue weighted by atomic mass is 16.5. The molecule has 2 heterocycles. The second-order valence-electron chi connectivity index (χ2n) is 3.70. The summed E-state index contributed by atoms with van der Waals surface area (Å²) >= 11 is 0. The molecule has 0 amide bonds. The van der Waals surface area contributed by atoms with Crippen LogP contribution in [0.3, 0.4) is 0 Å². The molecule has 0 fully saturated rings. The summed E-state index contributed by atoms with van der Waals surface area (Å²) in [6.07, 6.45) is 1.86. The molecule has 3 rings (SSSR count). The van der Waals surface area contributed by atoms with Gasteiger partial charge < -0.3 is 20.0 Å². The fraction of sp³-hybridized carbons (Fsp3) is 0.0833. The van der Waals surface area contributed by atoms with Crippen LogP contribution in [0.1, 0.15) is 0 Å². The van der Waals surface area contributed by atoms with Gasteiger partial charge in [-0.2, -0.15) is 0 Å². The Bertz CT molecular complexity index is 669. The lowest BCUT2D eigenvalue weighted by Crippen LogP contribution is -1.86. The van der Waals surface area contributed by atoms with Crippen LogP contribution in [-0.2, 0) is 0 Å². The zero-order chi connectivity index (χ0) is 11.8. The Morgan fingerprint density at radius 3 is 2.94 bits per heavy atom. The van der Waals surface area contributed by atoms with Crippen LogP contribution in [0.5, 0.6) is 5.75 Å². The topological polar surface area (TPSA) is 77.1 Å². The largest absolute Gasteiger partial charge is 0.495 e. The molecule has 0 aliphatic carbocycles. The van der Waals surface area contributed by atoms with Crippen LogP contribution in [0.2, 0.25) is 0 Å². The lowest BCUT2D eigenvalue weighted by molar-refractivity contribution is 0.419. The third-order valence-corrected chi connectivity index (χ3v) is 2.71. The predicted molar refractivity (Wildman–Crippen MR) is 64.8 cm³/mol. The summed E-state index contributed by atoms with van der Waals surface area (Å²) in [4.78, 5) is 3.14. The van der Waals surface area contributed by atoms with Crippen LogP contribution in [0, 0.1) is 0 Å². The van der Waals surface area contributed by atoms with Crippen molar-refractivity contribution in [3.63, 3.8) is 0 Å². The van der Waals surface area contributed by atoms with Crippen molar-refractivity contribution in [3.05, 3.63) is 30.5 Å². The lowest BCUT2D eigenvalue weighted by Gasteiger charge is -2.04. The first kappa shape index (κ1) is 9.77. The summed E-state index contributed by atoms with van der Waals surface area (Å²) < 4.78 is 10.2. The van der Waals surface area contributed by atoms with E-state index in [1.54, 1.807) is 13.2 Å². The number of aromatic amines is 1. The Balaban J connectivity index is 2.27. The SMILES string of the molecule is COc1ccc(-c2cc(N)on2)c2cc[nH]c12. The molecule has 0 unspecified atom stereocenters. The molecule has 86 valence electrons. The van der Waals surface area contributed by atoms with E-state index in [9.17, 15) is 0 Å². The minimum Gasteiger partial charge on any atom is -0.495 e. The number of benzene rings is 1. The minimum atomic E-state index is 0.305. The summed E-state index contributed by atoms with van der Waals surface area (Å²) in [6.45, 7) is 0. The summed E-state index contributed by atoms with van der Waals surface area (Å²) in [6, 6.07) is 7.50. The Hall–Kier alpha value is -2.43. The summed E-state index contributed by atoms with van der Waals surface area (Å²) in [5.74, 6) is 1.10. The zero-order valence-corrected chi connectivity index (χ0v) is 9.23. The molecular weight excluding hydrogens is 218 g/mol. The number of H-pyrrole nitrogens is 1. The highest BCUT2D eigenvalue weighted by molar-refractivity contribution is 5.97. The number of nitrogens with one attached hydrogen (secondary N) is 1. The monoisotopic (exact) mass is 229 g/mol. The number of ether oxygens (including phenoxy) is 1.